The van der Waals surface area contributed by atoms with Gasteiger partial charge in [-0.15, -0.1) is 0 Å². The first-order chi connectivity index (χ1) is 21.3. The van der Waals surface area contributed by atoms with Gasteiger partial charge in [-0.2, -0.15) is 0 Å². The molecule has 2 aliphatic heterocycles. The molecule has 0 aliphatic carbocycles. The van der Waals surface area contributed by atoms with E-state index < -0.39 is 0 Å². The number of hydrogen-bond donors (Lipinski definition) is 4. The second-order valence-corrected chi connectivity index (χ2v) is 11.1. The van der Waals surface area contributed by atoms with Crippen LogP contribution < -0.4 is 16.2 Å². The van der Waals surface area contributed by atoms with Gasteiger partial charge >= 0.3 is 6.03 Å². The summed E-state index contributed by atoms with van der Waals surface area (Å²) in [7, 11) is 0. The highest BCUT2D eigenvalue weighted by molar-refractivity contribution is 6.30. The van der Waals surface area contributed by atoms with E-state index in [1.807, 2.05) is 24.3 Å². The van der Waals surface area contributed by atoms with Crippen molar-refractivity contribution in [3.8, 4) is 11.1 Å². The SMILES string of the molecule is Cc1[nH]c(=O)c(Nc2ccc(C(=O)N3CCOCC3)cn2)cc1-c1cccc(NC(=O)N2Cc3ccc(Cl)cc3C2)c1CO. The van der Waals surface area contributed by atoms with Crippen molar-refractivity contribution in [2.45, 2.75) is 26.6 Å². The summed E-state index contributed by atoms with van der Waals surface area (Å²) < 4.78 is 5.32. The van der Waals surface area contributed by atoms with E-state index in [1.165, 1.54) is 6.20 Å². The molecule has 2 aliphatic rings. The van der Waals surface area contributed by atoms with E-state index in [-0.39, 0.29) is 29.8 Å². The minimum Gasteiger partial charge on any atom is -0.392 e. The number of benzene rings is 2. The number of anilines is 3. The smallest absolute Gasteiger partial charge is 0.322 e. The number of amides is 3. The number of aliphatic hydroxyl groups is 1. The largest absolute Gasteiger partial charge is 0.392 e. The molecule has 0 bridgehead atoms. The lowest BCUT2D eigenvalue weighted by Crippen LogP contribution is -2.40. The topological polar surface area (TPSA) is 140 Å². The minimum atomic E-state index is -0.356. The summed E-state index contributed by atoms with van der Waals surface area (Å²) in [5.41, 5.74) is 5.24. The lowest BCUT2D eigenvalue weighted by molar-refractivity contribution is 0.0302. The maximum atomic E-state index is 13.2. The van der Waals surface area contributed by atoms with Crippen LogP contribution in [0.15, 0.2) is 65.6 Å². The van der Waals surface area contributed by atoms with Crippen LogP contribution in [0.3, 0.4) is 0 Å². The number of hydrogen-bond acceptors (Lipinski definition) is 7. The number of aromatic amines is 1. The standard InChI is InChI=1S/C32H31ClN6O5/c1-19-25(14-28(30(41)35-19)36-29-8-6-20(15-34-29)31(42)38-9-11-44-12-10-38)24-3-2-4-27(26(24)18-40)37-32(43)39-16-21-5-7-23(33)13-22(21)17-39/h2-8,13-15,40H,9-12,16-18H2,1H3,(H,34,36)(H,35,41)(H,37,43). The van der Waals surface area contributed by atoms with Crippen LogP contribution >= 0.6 is 11.6 Å². The summed E-state index contributed by atoms with van der Waals surface area (Å²) in [6.45, 7) is 4.39. The fraction of sp³-hybridized carbons (Fsp3) is 0.250. The Balaban J connectivity index is 1.22. The van der Waals surface area contributed by atoms with Crippen LogP contribution in [0.2, 0.25) is 5.02 Å². The molecule has 4 aromatic rings. The predicted molar refractivity (Wildman–Crippen MR) is 167 cm³/mol. The minimum absolute atomic E-state index is 0.120. The number of nitrogens with zero attached hydrogens (tertiary/aromatic N) is 3. The number of ether oxygens (including phenoxy) is 1. The highest BCUT2D eigenvalue weighted by atomic mass is 35.5. The number of urea groups is 1. The molecule has 0 radical (unpaired) electrons. The first-order valence-corrected chi connectivity index (χ1v) is 14.6. The Bertz CT molecular complexity index is 1790. The molecular formula is C32H31ClN6O5. The van der Waals surface area contributed by atoms with Gasteiger partial charge in [-0.1, -0.05) is 29.8 Å². The first kappa shape index (κ1) is 29.4. The molecule has 6 rings (SSSR count). The molecule has 1 saturated heterocycles. The predicted octanol–water partition coefficient (Wildman–Crippen LogP) is 4.65. The lowest BCUT2D eigenvalue weighted by atomic mass is 9.97. The van der Waals surface area contributed by atoms with Crippen LogP contribution in [0.5, 0.6) is 0 Å². The molecule has 0 atom stereocenters. The van der Waals surface area contributed by atoms with Crippen molar-refractivity contribution in [3.63, 3.8) is 0 Å². The second kappa shape index (κ2) is 12.5. The second-order valence-electron chi connectivity index (χ2n) is 10.7. The lowest BCUT2D eigenvalue weighted by Gasteiger charge is -2.26. The molecule has 2 aromatic heterocycles. The number of aliphatic hydroxyl groups excluding tert-OH is 1. The highest BCUT2D eigenvalue weighted by Gasteiger charge is 2.25. The molecule has 226 valence electrons. The van der Waals surface area contributed by atoms with Crippen molar-refractivity contribution in [1.29, 1.82) is 0 Å². The van der Waals surface area contributed by atoms with Gasteiger partial charge in [-0.25, -0.2) is 9.78 Å². The number of nitrogens with one attached hydrogen (secondary N) is 3. The van der Waals surface area contributed by atoms with E-state index in [0.717, 1.165) is 11.1 Å². The van der Waals surface area contributed by atoms with E-state index in [1.54, 1.807) is 47.1 Å². The maximum absolute atomic E-state index is 13.2. The summed E-state index contributed by atoms with van der Waals surface area (Å²) in [4.78, 5) is 49.5. The van der Waals surface area contributed by atoms with E-state index in [0.29, 0.717) is 83.9 Å². The number of aromatic nitrogens is 2. The quantitative estimate of drug-likeness (QED) is 0.248. The maximum Gasteiger partial charge on any atom is 0.322 e. The third kappa shape index (κ3) is 6.02. The van der Waals surface area contributed by atoms with Crippen LogP contribution in [0.25, 0.3) is 11.1 Å². The zero-order valence-electron chi connectivity index (χ0n) is 24.0. The number of rotatable bonds is 6. The monoisotopic (exact) mass is 614 g/mol. The van der Waals surface area contributed by atoms with Crippen molar-refractivity contribution >= 4 is 40.7 Å². The first-order valence-electron chi connectivity index (χ1n) is 14.2. The van der Waals surface area contributed by atoms with Crippen molar-refractivity contribution < 1.29 is 19.4 Å². The van der Waals surface area contributed by atoms with Gasteiger partial charge in [0.25, 0.3) is 11.5 Å². The van der Waals surface area contributed by atoms with E-state index in [9.17, 15) is 19.5 Å². The van der Waals surface area contributed by atoms with E-state index >= 15 is 0 Å². The van der Waals surface area contributed by atoms with Crippen LogP contribution in [0.4, 0.5) is 22.0 Å². The summed E-state index contributed by atoms with van der Waals surface area (Å²) in [6, 6.07) is 15.6. The van der Waals surface area contributed by atoms with Gasteiger partial charge in [0.05, 0.1) is 25.4 Å². The Morgan fingerprint density at radius 2 is 1.80 bits per heavy atom. The molecule has 44 heavy (non-hydrogen) atoms. The highest BCUT2D eigenvalue weighted by Crippen LogP contribution is 2.33. The molecule has 0 saturated carbocycles. The third-order valence-electron chi connectivity index (χ3n) is 7.85. The third-order valence-corrected chi connectivity index (χ3v) is 8.09. The summed E-state index contributed by atoms with van der Waals surface area (Å²) >= 11 is 6.12. The van der Waals surface area contributed by atoms with Crippen LogP contribution in [-0.4, -0.2) is 63.1 Å². The number of H-pyrrole nitrogens is 1. The van der Waals surface area contributed by atoms with E-state index in [2.05, 4.69) is 20.6 Å². The van der Waals surface area contributed by atoms with Crippen molar-refractivity contribution in [2.24, 2.45) is 0 Å². The van der Waals surface area contributed by atoms with Gasteiger partial charge in [0.2, 0.25) is 0 Å². The molecule has 11 nitrogen and oxygen atoms in total. The van der Waals surface area contributed by atoms with Gasteiger partial charge < -0.3 is 35.3 Å². The number of carbonyl (C=O) groups excluding carboxylic acids is 2. The molecule has 0 spiro atoms. The number of morpholine rings is 1. The number of fused-ring (bicyclic) bond motifs is 1. The molecule has 0 unspecified atom stereocenters. The zero-order valence-corrected chi connectivity index (χ0v) is 24.8. The number of aryl methyl sites for hydroxylation is 1. The Hall–Kier alpha value is -4.71. The molecule has 2 aromatic carbocycles. The molecule has 3 amide bonds. The summed E-state index contributed by atoms with van der Waals surface area (Å²) in [5.74, 6) is 0.269. The molecule has 12 heteroatoms. The average Bonchev–Trinajstić information content (AvgIpc) is 3.46. The zero-order chi connectivity index (χ0) is 30.8. The van der Waals surface area contributed by atoms with Crippen molar-refractivity contribution in [3.05, 3.63) is 104 Å². The molecule has 4 heterocycles. The van der Waals surface area contributed by atoms with Crippen LogP contribution in [-0.2, 0) is 24.4 Å². The Morgan fingerprint density at radius 3 is 2.55 bits per heavy atom. The number of carbonyl (C=O) groups is 2. The molecule has 1 fully saturated rings. The average molecular weight is 615 g/mol. The van der Waals surface area contributed by atoms with Gasteiger partial charge in [-0.05, 0) is 60.0 Å². The summed E-state index contributed by atoms with van der Waals surface area (Å²) in [5, 5.41) is 17.0. The Morgan fingerprint density at radius 1 is 1.00 bits per heavy atom. The van der Waals surface area contributed by atoms with Gasteiger partial charge in [0.1, 0.15) is 11.5 Å². The Labute approximate surface area is 258 Å². The van der Waals surface area contributed by atoms with Gasteiger partial charge in [-0.3, -0.25) is 9.59 Å². The van der Waals surface area contributed by atoms with Crippen molar-refractivity contribution in [1.82, 2.24) is 19.8 Å². The summed E-state index contributed by atoms with van der Waals surface area (Å²) in [6.07, 6.45) is 1.48. The number of halogens is 1. The fourth-order valence-corrected chi connectivity index (χ4v) is 5.70. The van der Waals surface area contributed by atoms with Crippen molar-refractivity contribution in [2.75, 3.05) is 36.9 Å². The fourth-order valence-electron chi connectivity index (χ4n) is 5.50. The Kier molecular flexibility index (Phi) is 8.34. The van der Waals surface area contributed by atoms with E-state index in [4.69, 9.17) is 16.3 Å². The normalized spacial score (nSPS) is 14.3. The molecule has 4 N–H and O–H groups in total. The van der Waals surface area contributed by atoms with Crippen LogP contribution in [0.1, 0.15) is 32.7 Å². The van der Waals surface area contributed by atoms with Gasteiger partial charge in [0.15, 0.2) is 0 Å². The molecular weight excluding hydrogens is 584 g/mol. The van der Waals surface area contributed by atoms with Gasteiger partial charge in [0, 0.05) is 59.9 Å². The van der Waals surface area contributed by atoms with Crippen LogP contribution in [0, 0.1) is 6.92 Å². The number of pyridine rings is 2.